The molecular formula is C19H16Br3P. The predicted molar refractivity (Wildman–Crippen MR) is 115 cm³/mol. The summed E-state index contributed by atoms with van der Waals surface area (Å²) in [5.41, 5.74) is 0. The Morgan fingerprint density at radius 3 is 1.61 bits per heavy atom. The Hall–Kier alpha value is -0.470. The molecule has 0 fully saturated rings. The Balaban J connectivity index is 2.43. The molecule has 0 atom stereocenters. The summed E-state index contributed by atoms with van der Waals surface area (Å²) < 4.78 is 2.17. The maximum absolute atomic E-state index is 4.28. The summed E-state index contributed by atoms with van der Waals surface area (Å²) in [6.45, 7) is 2.35. The number of rotatable bonds is 3. The molecule has 0 nitrogen and oxygen atoms in total. The van der Waals surface area contributed by atoms with Crippen molar-refractivity contribution in [2.75, 3.05) is 6.66 Å². The molecule has 0 unspecified atom stereocenters. The van der Waals surface area contributed by atoms with Gasteiger partial charge in [0.05, 0.1) is 0 Å². The van der Waals surface area contributed by atoms with Crippen LogP contribution in [0.5, 0.6) is 0 Å². The first-order valence-corrected chi connectivity index (χ1v) is 13.5. The van der Waals surface area contributed by atoms with Crippen molar-refractivity contribution in [1.29, 1.82) is 0 Å². The van der Waals surface area contributed by atoms with Crippen LogP contribution >= 0.6 is 52.7 Å². The van der Waals surface area contributed by atoms with Crippen molar-refractivity contribution in [2.24, 2.45) is 0 Å². The van der Waals surface area contributed by atoms with E-state index in [0.717, 1.165) is 8.95 Å². The van der Waals surface area contributed by atoms with Crippen LogP contribution in [-0.4, -0.2) is 6.66 Å². The van der Waals surface area contributed by atoms with Gasteiger partial charge in [0.2, 0.25) is 0 Å². The Kier molecular flexibility index (Phi) is 4.86. The van der Waals surface area contributed by atoms with Crippen LogP contribution in [0.4, 0.5) is 0 Å². The molecule has 0 aliphatic heterocycles. The SMILES string of the molecule is CP(Br)(c1ccccc1)(c1ccccc1)c1cccc(Br)c1Br. The molecular weight excluding hydrogens is 499 g/mol. The number of hydrogen-bond donors (Lipinski definition) is 0. The zero-order valence-electron chi connectivity index (χ0n) is 12.6. The van der Waals surface area contributed by atoms with Crippen LogP contribution in [0.1, 0.15) is 0 Å². The van der Waals surface area contributed by atoms with Crippen molar-refractivity contribution in [2.45, 2.75) is 0 Å². The van der Waals surface area contributed by atoms with Crippen molar-refractivity contribution in [3.8, 4) is 0 Å². The minimum absolute atomic E-state index is 1.07. The molecule has 0 heterocycles. The Morgan fingerprint density at radius 2 is 1.13 bits per heavy atom. The molecule has 4 heteroatoms. The van der Waals surface area contributed by atoms with E-state index >= 15 is 0 Å². The molecule has 0 saturated carbocycles. The van der Waals surface area contributed by atoms with Gasteiger partial charge >= 0.3 is 163 Å². The fourth-order valence-corrected chi connectivity index (χ4v) is 11.7. The van der Waals surface area contributed by atoms with Crippen LogP contribution in [-0.2, 0) is 0 Å². The molecule has 0 spiro atoms. The summed E-state index contributed by atoms with van der Waals surface area (Å²) in [5, 5.41) is 1.18. The van der Waals surface area contributed by atoms with E-state index < -0.39 is 5.31 Å². The predicted octanol–water partition coefficient (Wildman–Crippen LogP) is 5.98. The van der Waals surface area contributed by atoms with Crippen LogP contribution in [0.2, 0.25) is 0 Å². The maximum atomic E-state index is 4.28. The average Bonchev–Trinajstić information content (AvgIpc) is 2.59. The monoisotopic (exact) mass is 512 g/mol. The summed E-state index contributed by atoms with van der Waals surface area (Å²) in [5.74, 6) is 0. The molecule has 0 amide bonds. The van der Waals surface area contributed by atoms with Crippen LogP contribution in [0.15, 0.2) is 87.8 Å². The fraction of sp³-hybridized carbons (Fsp3) is 0.0526. The van der Waals surface area contributed by atoms with Crippen molar-refractivity contribution in [3.05, 3.63) is 87.8 Å². The Labute approximate surface area is 162 Å². The van der Waals surface area contributed by atoms with Crippen LogP contribution in [0.25, 0.3) is 0 Å². The van der Waals surface area contributed by atoms with Gasteiger partial charge in [0.1, 0.15) is 0 Å². The van der Waals surface area contributed by atoms with Gasteiger partial charge in [-0.25, -0.2) is 0 Å². The van der Waals surface area contributed by atoms with Crippen molar-refractivity contribution >= 4 is 68.6 Å². The second-order valence-corrected chi connectivity index (χ2v) is 17.0. The van der Waals surface area contributed by atoms with Gasteiger partial charge in [-0.1, -0.05) is 0 Å². The van der Waals surface area contributed by atoms with E-state index in [0.29, 0.717) is 0 Å². The summed E-state index contributed by atoms with van der Waals surface area (Å²) in [6, 6.07) is 27.8. The van der Waals surface area contributed by atoms with E-state index in [1.807, 2.05) is 0 Å². The first-order valence-electron chi connectivity index (χ1n) is 7.23. The first-order chi connectivity index (χ1) is 10.9. The molecule has 3 aromatic carbocycles. The molecule has 3 rings (SSSR count). The van der Waals surface area contributed by atoms with Gasteiger partial charge in [0.15, 0.2) is 0 Å². The summed E-state index contributed by atoms with van der Waals surface area (Å²) in [7, 11) is 0. The number of halogens is 3. The molecule has 0 N–H and O–H groups in total. The van der Waals surface area contributed by atoms with E-state index in [1.54, 1.807) is 0 Å². The average molecular weight is 515 g/mol. The molecule has 0 aliphatic carbocycles. The van der Waals surface area contributed by atoms with Gasteiger partial charge < -0.3 is 0 Å². The second kappa shape index (κ2) is 6.44. The quantitative estimate of drug-likeness (QED) is 0.377. The topological polar surface area (TPSA) is 0 Å². The van der Waals surface area contributed by atoms with Crippen LogP contribution in [0.3, 0.4) is 0 Å². The molecule has 3 aromatic rings. The van der Waals surface area contributed by atoms with Crippen molar-refractivity contribution in [1.82, 2.24) is 0 Å². The number of benzene rings is 3. The molecule has 0 aliphatic rings. The van der Waals surface area contributed by atoms with Gasteiger partial charge in [-0.15, -0.1) is 0 Å². The van der Waals surface area contributed by atoms with Gasteiger partial charge in [-0.05, 0) is 0 Å². The van der Waals surface area contributed by atoms with E-state index in [1.165, 1.54) is 15.9 Å². The summed E-state index contributed by atoms with van der Waals surface area (Å²) >= 11 is 11.7. The zero-order valence-corrected chi connectivity index (χ0v) is 18.2. The molecule has 0 radical (unpaired) electrons. The molecule has 0 saturated heterocycles. The second-order valence-electron chi connectivity index (χ2n) is 5.67. The van der Waals surface area contributed by atoms with Crippen LogP contribution in [0, 0.1) is 0 Å². The van der Waals surface area contributed by atoms with Gasteiger partial charge in [-0.2, -0.15) is 0 Å². The van der Waals surface area contributed by atoms with E-state index in [-0.39, 0.29) is 0 Å². The van der Waals surface area contributed by atoms with E-state index in [9.17, 15) is 0 Å². The summed E-state index contributed by atoms with van der Waals surface area (Å²) in [6.07, 6.45) is 0. The van der Waals surface area contributed by atoms with Gasteiger partial charge in [-0.3, -0.25) is 0 Å². The standard InChI is InChI=1S/C19H16Br3P/c1-23(22,15-9-4-2-5-10-15,16-11-6-3-7-12-16)18-14-8-13-17(20)19(18)21/h2-14H,1H3. The Morgan fingerprint density at radius 1 is 0.652 bits per heavy atom. The third-order valence-corrected chi connectivity index (χ3v) is 14.8. The van der Waals surface area contributed by atoms with Crippen molar-refractivity contribution < 1.29 is 0 Å². The molecule has 0 aromatic heterocycles. The molecule has 23 heavy (non-hydrogen) atoms. The zero-order chi connectivity index (χ0) is 16.5. The normalized spacial score (nSPS) is 13.3. The van der Waals surface area contributed by atoms with E-state index in [2.05, 4.69) is 133 Å². The van der Waals surface area contributed by atoms with Crippen molar-refractivity contribution in [3.63, 3.8) is 0 Å². The van der Waals surface area contributed by atoms with Crippen LogP contribution < -0.4 is 15.9 Å². The van der Waals surface area contributed by atoms with Gasteiger partial charge in [0.25, 0.3) is 0 Å². The molecule has 118 valence electrons. The third-order valence-electron chi connectivity index (χ3n) is 4.24. The van der Waals surface area contributed by atoms with E-state index in [4.69, 9.17) is 0 Å². The first kappa shape index (κ1) is 17.4. The van der Waals surface area contributed by atoms with Gasteiger partial charge in [0, 0.05) is 0 Å². The number of hydrogen-bond acceptors (Lipinski definition) is 0. The Bertz CT molecular complexity index is 786. The third kappa shape index (κ3) is 2.87. The minimum atomic E-state index is -2.72. The fourth-order valence-electron chi connectivity index (χ4n) is 2.90. The molecule has 0 bridgehead atoms. The summed E-state index contributed by atoms with van der Waals surface area (Å²) in [4.78, 5) is 0.